The molecule has 0 N–H and O–H groups in total. The molecule has 7 nitrogen and oxygen atoms in total. The Morgan fingerprint density at radius 3 is 2.56 bits per heavy atom. The number of carbonyl (C=O) groups excluding carboxylic acids is 1. The van der Waals surface area contributed by atoms with Crippen molar-refractivity contribution in [2.24, 2.45) is 0 Å². The third-order valence-electron chi connectivity index (χ3n) is 5.17. The molecule has 164 valence electrons. The van der Waals surface area contributed by atoms with Crippen molar-refractivity contribution in [3.05, 3.63) is 88.1 Å². The van der Waals surface area contributed by atoms with Crippen LogP contribution in [0.5, 0.6) is 5.75 Å². The quantitative estimate of drug-likeness (QED) is 0.411. The minimum absolute atomic E-state index is 0.0964. The number of nitrogens with zero attached hydrogens (tertiary/aromatic N) is 5. The van der Waals surface area contributed by atoms with Gasteiger partial charge in [0.1, 0.15) is 40.7 Å². The number of amides is 1. The number of aryl methyl sites for hydroxylation is 1. The highest BCUT2D eigenvalue weighted by Crippen LogP contribution is 2.26. The van der Waals surface area contributed by atoms with Gasteiger partial charge in [-0.05, 0) is 55.8 Å². The lowest BCUT2D eigenvalue weighted by Crippen LogP contribution is -2.29. The molecule has 0 saturated heterocycles. The van der Waals surface area contributed by atoms with Crippen molar-refractivity contribution in [3.8, 4) is 11.4 Å². The second-order valence-electron chi connectivity index (χ2n) is 7.29. The van der Waals surface area contributed by atoms with Crippen LogP contribution in [0.1, 0.15) is 38.9 Å². The van der Waals surface area contributed by atoms with Gasteiger partial charge >= 0.3 is 0 Å². The van der Waals surface area contributed by atoms with Crippen molar-refractivity contribution in [2.45, 2.75) is 26.5 Å². The molecule has 0 bridgehead atoms. The van der Waals surface area contributed by atoms with Crippen molar-refractivity contribution in [2.75, 3.05) is 7.05 Å². The summed E-state index contributed by atoms with van der Waals surface area (Å²) in [4.78, 5) is 23.9. The van der Waals surface area contributed by atoms with Crippen LogP contribution < -0.4 is 4.74 Å². The van der Waals surface area contributed by atoms with E-state index in [4.69, 9.17) is 4.74 Å². The number of hydrogen-bond acceptors (Lipinski definition) is 6. The van der Waals surface area contributed by atoms with E-state index in [9.17, 15) is 9.18 Å². The Hall–Kier alpha value is -3.59. The van der Waals surface area contributed by atoms with Crippen LogP contribution in [0.4, 0.5) is 4.39 Å². The van der Waals surface area contributed by atoms with E-state index in [1.54, 1.807) is 35.1 Å². The van der Waals surface area contributed by atoms with Gasteiger partial charge in [0, 0.05) is 7.05 Å². The lowest BCUT2D eigenvalue weighted by Gasteiger charge is -2.25. The summed E-state index contributed by atoms with van der Waals surface area (Å²) in [5.74, 6) is 0.133. The molecule has 0 fully saturated rings. The highest BCUT2D eigenvalue weighted by Gasteiger charge is 2.23. The van der Waals surface area contributed by atoms with Gasteiger partial charge in [-0.25, -0.2) is 19.0 Å². The number of aromatic nitrogens is 4. The topological polar surface area (TPSA) is 73.1 Å². The third kappa shape index (κ3) is 4.67. The van der Waals surface area contributed by atoms with Gasteiger partial charge < -0.3 is 9.64 Å². The zero-order chi connectivity index (χ0) is 22.7. The lowest BCUT2D eigenvalue weighted by atomic mass is 10.1. The van der Waals surface area contributed by atoms with Gasteiger partial charge in [0.15, 0.2) is 0 Å². The van der Waals surface area contributed by atoms with E-state index in [1.165, 1.54) is 29.8 Å². The van der Waals surface area contributed by atoms with Gasteiger partial charge in [-0.1, -0.05) is 12.1 Å². The maximum atomic E-state index is 13.2. The van der Waals surface area contributed by atoms with Crippen LogP contribution in [0.15, 0.2) is 61.2 Å². The van der Waals surface area contributed by atoms with Gasteiger partial charge in [-0.2, -0.15) is 5.10 Å². The summed E-state index contributed by atoms with van der Waals surface area (Å²) in [5, 5.41) is 4.81. The molecule has 0 aliphatic rings. The Bertz CT molecular complexity index is 1190. The van der Waals surface area contributed by atoms with Crippen LogP contribution in [0.25, 0.3) is 5.69 Å². The Morgan fingerprint density at radius 2 is 1.91 bits per heavy atom. The van der Waals surface area contributed by atoms with Crippen LogP contribution in [0, 0.1) is 12.7 Å². The molecule has 4 aromatic rings. The van der Waals surface area contributed by atoms with E-state index in [0.717, 1.165) is 11.3 Å². The van der Waals surface area contributed by atoms with E-state index < -0.39 is 0 Å². The summed E-state index contributed by atoms with van der Waals surface area (Å²) >= 11 is 1.31. The molecule has 1 amide bonds. The molecule has 0 radical (unpaired) electrons. The van der Waals surface area contributed by atoms with Crippen molar-refractivity contribution in [1.82, 2.24) is 24.6 Å². The van der Waals surface area contributed by atoms with E-state index in [2.05, 4.69) is 15.1 Å². The second-order valence-corrected chi connectivity index (χ2v) is 8.37. The molecule has 9 heteroatoms. The van der Waals surface area contributed by atoms with Gasteiger partial charge in [0.25, 0.3) is 5.91 Å². The fraction of sp³-hybridized carbons (Fsp3) is 0.217. The molecule has 1 atom stereocenters. The minimum atomic E-state index is -0.319. The number of carbonyl (C=O) groups is 1. The van der Waals surface area contributed by atoms with Gasteiger partial charge in [-0.15, -0.1) is 11.3 Å². The summed E-state index contributed by atoms with van der Waals surface area (Å²) in [7, 11) is 1.78. The van der Waals surface area contributed by atoms with Crippen LogP contribution in [0.3, 0.4) is 0 Å². The van der Waals surface area contributed by atoms with Crippen molar-refractivity contribution in [3.63, 3.8) is 0 Å². The first-order valence-corrected chi connectivity index (χ1v) is 10.8. The largest absolute Gasteiger partial charge is 0.486 e. The number of hydrogen-bond donors (Lipinski definition) is 0. The smallest absolute Gasteiger partial charge is 0.266 e. The summed E-state index contributed by atoms with van der Waals surface area (Å²) in [6.07, 6.45) is 3.12. The van der Waals surface area contributed by atoms with Gasteiger partial charge in [0.05, 0.1) is 17.4 Å². The van der Waals surface area contributed by atoms with Crippen LogP contribution in [-0.4, -0.2) is 37.6 Å². The number of rotatable bonds is 7. The van der Waals surface area contributed by atoms with E-state index in [-0.39, 0.29) is 24.4 Å². The molecule has 0 spiro atoms. The highest BCUT2D eigenvalue weighted by atomic mass is 32.1. The van der Waals surface area contributed by atoms with Crippen LogP contribution in [0.2, 0.25) is 0 Å². The standard InChI is InChI=1S/C23H22FN5O2S/c1-15-22(32-21(27-15)12-31-20-10-6-18(24)7-11-20)23(30)28(3)16(2)17-4-8-19(9-5-17)29-14-25-13-26-29/h4-11,13-14,16H,12H2,1-3H3. The third-order valence-corrected chi connectivity index (χ3v) is 6.29. The Labute approximate surface area is 189 Å². The second kappa shape index (κ2) is 9.27. The predicted octanol–water partition coefficient (Wildman–Crippen LogP) is 4.58. The first-order valence-electron chi connectivity index (χ1n) is 9.99. The molecule has 0 aliphatic carbocycles. The lowest BCUT2D eigenvalue weighted by molar-refractivity contribution is 0.0746. The number of ether oxygens (including phenoxy) is 1. The molecule has 2 aromatic carbocycles. The molecule has 1 unspecified atom stereocenters. The molecule has 2 aromatic heterocycles. The molecule has 32 heavy (non-hydrogen) atoms. The van der Waals surface area contributed by atoms with Crippen molar-refractivity contribution < 1.29 is 13.9 Å². The van der Waals surface area contributed by atoms with Gasteiger partial charge in [-0.3, -0.25) is 4.79 Å². The summed E-state index contributed by atoms with van der Waals surface area (Å²) in [6.45, 7) is 4.02. The highest BCUT2D eigenvalue weighted by molar-refractivity contribution is 7.13. The fourth-order valence-corrected chi connectivity index (χ4v) is 4.16. The fourth-order valence-electron chi connectivity index (χ4n) is 3.20. The molecule has 0 saturated carbocycles. The van der Waals surface area contributed by atoms with E-state index in [0.29, 0.717) is 21.3 Å². The maximum Gasteiger partial charge on any atom is 0.266 e. The first-order chi connectivity index (χ1) is 15.4. The molecule has 0 aliphatic heterocycles. The Kier molecular flexibility index (Phi) is 6.27. The normalized spacial score (nSPS) is 11.9. The molecular formula is C23H22FN5O2S. The first kappa shape index (κ1) is 21.6. The summed E-state index contributed by atoms with van der Waals surface area (Å²) < 4.78 is 20.4. The Balaban J connectivity index is 1.43. The zero-order valence-corrected chi connectivity index (χ0v) is 18.7. The average molecular weight is 452 g/mol. The SMILES string of the molecule is Cc1nc(COc2ccc(F)cc2)sc1C(=O)N(C)C(C)c1ccc(-n2cncn2)cc1. The number of benzene rings is 2. The predicted molar refractivity (Wildman–Crippen MR) is 119 cm³/mol. The van der Waals surface area contributed by atoms with E-state index >= 15 is 0 Å². The zero-order valence-electron chi connectivity index (χ0n) is 17.9. The Morgan fingerprint density at radius 1 is 1.19 bits per heavy atom. The molecular weight excluding hydrogens is 429 g/mol. The summed E-state index contributed by atoms with van der Waals surface area (Å²) in [5.41, 5.74) is 2.57. The van der Waals surface area contributed by atoms with Crippen LogP contribution >= 0.6 is 11.3 Å². The average Bonchev–Trinajstić information content (AvgIpc) is 3.47. The van der Waals surface area contributed by atoms with Crippen LogP contribution in [-0.2, 0) is 6.61 Å². The minimum Gasteiger partial charge on any atom is -0.486 e. The van der Waals surface area contributed by atoms with E-state index in [1.807, 2.05) is 38.1 Å². The summed E-state index contributed by atoms with van der Waals surface area (Å²) in [6, 6.07) is 13.5. The van der Waals surface area contributed by atoms with Crippen molar-refractivity contribution in [1.29, 1.82) is 0 Å². The maximum absolute atomic E-state index is 13.2. The van der Waals surface area contributed by atoms with Crippen molar-refractivity contribution >= 4 is 17.2 Å². The molecule has 2 heterocycles. The number of thiazole rings is 1. The number of halogens is 1. The molecule has 4 rings (SSSR count). The monoisotopic (exact) mass is 451 g/mol. The van der Waals surface area contributed by atoms with Gasteiger partial charge in [0.2, 0.25) is 0 Å².